The van der Waals surface area contributed by atoms with Gasteiger partial charge >= 0.3 is 0 Å². The molecule has 0 saturated heterocycles. The van der Waals surface area contributed by atoms with Gasteiger partial charge in [0, 0.05) is 12.1 Å². The Balaban J connectivity index is 1.86. The minimum atomic E-state index is -0.714. The first-order valence-electron chi connectivity index (χ1n) is 6.24. The van der Waals surface area contributed by atoms with Gasteiger partial charge in [-0.2, -0.15) is 0 Å². The number of carbonyl (C=O) groups is 2. The van der Waals surface area contributed by atoms with Gasteiger partial charge in [-0.1, -0.05) is 12.1 Å². The molecule has 21 heavy (non-hydrogen) atoms. The SMILES string of the molecule is O=C1c2ccccc2C(=O)N1c1cc2c(cc1F)OCO2. The molecular weight excluding hydrogens is 277 g/mol. The largest absolute Gasteiger partial charge is 0.454 e. The molecule has 4 rings (SSSR count). The smallest absolute Gasteiger partial charge is 0.266 e. The van der Waals surface area contributed by atoms with Crippen LogP contribution in [0.1, 0.15) is 20.7 Å². The number of hydrogen-bond donors (Lipinski definition) is 0. The van der Waals surface area contributed by atoms with Crippen LogP contribution in [0.2, 0.25) is 0 Å². The van der Waals surface area contributed by atoms with Crippen LogP contribution in [0.15, 0.2) is 36.4 Å². The second-order valence-electron chi connectivity index (χ2n) is 4.65. The molecule has 2 heterocycles. The van der Waals surface area contributed by atoms with Crippen molar-refractivity contribution in [2.75, 3.05) is 11.7 Å². The first-order chi connectivity index (χ1) is 10.2. The average molecular weight is 285 g/mol. The summed E-state index contributed by atoms with van der Waals surface area (Å²) in [4.78, 5) is 25.5. The summed E-state index contributed by atoms with van der Waals surface area (Å²) in [6.45, 7) is -0.0135. The van der Waals surface area contributed by atoms with E-state index in [1.807, 2.05) is 0 Å². The number of ether oxygens (including phenoxy) is 2. The van der Waals surface area contributed by atoms with E-state index in [0.717, 1.165) is 11.0 Å². The lowest BCUT2D eigenvalue weighted by molar-refractivity contribution is 0.0925. The first-order valence-corrected chi connectivity index (χ1v) is 6.24. The number of amides is 2. The second kappa shape index (κ2) is 4.05. The van der Waals surface area contributed by atoms with E-state index in [4.69, 9.17) is 9.47 Å². The standard InChI is InChI=1S/C15H8FNO4/c16-10-5-12-13(21-7-20-12)6-11(10)17-14(18)8-3-1-2-4-9(8)15(17)19/h1-6H,7H2. The highest BCUT2D eigenvalue weighted by molar-refractivity contribution is 6.34. The number of anilines is 1. The molecule has 2 aromatic rings. The molecule has 2 amide bonds. The van der Waals surface area contributed by atoms with Crippen LogP contribution in [0.5, 0.6) is 11.5 Å². The molecule has 2 aromatic carbocycles. The second-order valence-corrected chi connectivity index (χ2v) is 4.65. The molecule has 0 saturated carbocycles. The Hall–Kier alpha value is -2.89. The van der Waals surface area contributed by atoms with E-state index in [0.29, 0.717) is 5.75 Å². The van der Waals surface area contributed by atoms with E-state index < -0.39 is 17.6 Å². The zero-order chi connectivity index (χ0) is 14.6. The molecule has 6 heteroatoms. The third-order valence-electron chi connectivity index (χ3n) is 3.48. The van der Waals surface area contributed by atoms with Crippen molar-refractivity contribution in [3.8, 4) is 11.5 Å². The van der Waals surface area contributed by atoms with Gasteiger partial charge in [0.2, 0.25) is 6.79 Å². The number of nitrogens with zero attached hydrogens (tertiary/aromatic N) is 1. The Kier molecular flexibility index (Phi) is 2.29. The zero-order valence-corrected chi connectivity index (χ0v) is 10.6. The van der Waals surface area contributed by atoms with Crippen molar-refractivity contribution in [1.82, 2.24) is 0 Å². The van der Waals surface area contributed by atoms with Gasteiger partial charge in [-0.05, 0) is 12.1 Å². The summed E-state index contributed by atoms with van der Waals surface area (Å²) in [5.41, 5.74) is 0.393. The molecule has 0 radical (unpaired) electrons. The summed E-state index contributed by atoms with van der Waals surface area (Å²) in [6, 6.07) is 8.81. The number of halogens is 1. The van der Waals surface area contributed by atoms with Crippen LogP contribution in [0.4, 0.5) is 10.1 Å². The van der Waals surface area contributed by atoms with Gasteiger partial charge in [-0.3, -0.25) is 9.59 Å². The van der Waals surface area contributed by atoms with Crippen LogP contribution in [0.3, 0.4) is 0 Å². The Morgan fingerprint density at radius 2 is 1.52 bits per heavy atom. The number of carbonyl (C=O) groups excluding carboxylic acids is 2. The Morgan fingerprint density at radius 3 is 2.14 bits per heavy atom. The van der Waals surface area contributed by atoms with Crippen molar-refractivity contribution in [1.29, 1.82) is 0 Å². The van der Waals surface area contributed by atoms with Crippen LogP contribution < -0.4 is 14.4 Å². The lowest BCUT2D eigenvalue weighted by atomic mass is 10.1. The van der Waals surface area contributed by atoms with Gasteiger partial charge < -0.3 is 9.47 Å². The fourth-order valence-electron chi connectivity index (χ4n) is 2.49. The van der Waals surface area contributed by atoms with Crippen molar-refractivity contribution in [2.45, 2.75) is 0 Å². The first kappa shape index (κ1) is 11.9. The van der Waals surface area contributed by atoms with Crippen LogP contribution in [-0.2, 0) is 0 Å². The molecule has 0 N–H and O–H groups in total. The third kappa shape index (κ3) is 1.56. The fraction of sp³-hybridized carbons (Fsp3) is 0.0667. The van der Waals surface area contributed by atoms with E-state index in [1.165, 1.54) is 6.07 Å². The van der Waals surface area contributed by atoms with Gasteiger partial charge in [-0.15, -0.1) is 0 Å². The van der Waals surface area contributed by atoms with E-state index >= 15 is 0 Å². The molecule has 0 aliphatic carbocycles. The van der Waals surface area contributed by atoms with Gasteiger partial charge in [0.25, 0.3) is 11.8 Å². The van der Waals surface area contributed by atoms with Crippen molar-refractivity contribution in [2.24, 2.45) is 0 Å². The molecule has 0 fully saturated rings. The van der Waals surface area contributed by atoms with Gasteiger partial charge in [0.15, 0.2) is 17.3 Å². The predicted molar refractivity (Wildman–Crippen MR) is 70.1 cm³/mol. The van der Waals surface area contributed by atoms with E-state index in [-0.39, 0.29) is 29.4 Å². The minimum Gasteiger partial charge on any atom is -0.454 e. The lowest BCUT2D eigenvalue weighted by Gasteiger charge is -2.15. The number of fused-ring (bicyclic) bond motifs is 2. The van der Waals surface area contributed by atoms with Gasteiger partial charge in [-0.25, -0.2) is 9.29 Å². The molecule has 0 aromatic heterocycles. The highest BCUT2D eigenvalue weighted by Crippen LogP contribution is 2.39. The molecule has 5 nitrogen and oxygen atoms in total. The van der Waals surface area contributed by atoms with E-state index in [9.17, 15) is 14.0 Å². The zero-order valence-electron chi connectivity index (χ0n) is 10.6. The summed E-state index contributed by atoms with van der Waals surface area (Å²) in [5.74, 6) is -1.24. The van der Waals surface area contributed by atoms with Gasteiger partial charge in [0.05, 0.1) is 16.8 Å². The van der Waals surface area contributed by atoms with Crippen molar-refractivity contribution in [3.63, 3.8) is 0 Å². The topological polar surface area (TPSA) is 55.8 Å². The molecule has 104 valence electrons. The predicted octanol–water partition coefficient (Wildman–Crippen LogP) is 2.36. The van der Waals surface area contributed by atoms with Crippen molar-refractivity contribution < 1.29 is 23.5 Å². The van der Waals surface area contributed by atoms with Crippen molar-refractivity contribution >= 4 is 17.5 Å². The van der Waals surface area contributed by atoms with Crippen molar-refractivity contribution in [3.05, 3.63) is 53.3 Å². The maximum absolute atomic E-state index is 14.2. The number of imide groups is 1. The summed E-state index contributed by atoms with van der Waals surface area (Å²) in [5, 5.41) is 0. The van der Waals surface area contributed by atoms with Crippen LogP contribution in [0.25, 0.3) is 0 Å². The molecule has 2 aliphatic rings. The Morgan fingerprint density at radius 1 is 0.952 bits per heavy atom. The third-order valence-corrected chi connectivity index (χ3v) is 3.48. The summed E-state index contributed by atoms with van der Waals surface area (Å²) in [6.07, 6.45) is 0. The lowest BCUT2D eigenvalue weighted by Crippen LogP contribution is -2.30. The maximum Gasteiger partial charge on any atom is 0.266 e. The summed E-state index contributed by atoms with van der Waals surface area (Å²) >= 11 is 0. The number of benzene rings is 2. The van der Waals surface area contributed by atoms with Crippen LogP contribution >= 0.6 is 0 Å². The molecular formula is C15H8FNO4. The molecule has 0 spiro atoms. The molecule has 0 unspecified atom stereocenters. The highest BCUT2D eigenvalue weighted by Gasteiger charge is 2.38. The van der Waals surface area contributed by atoms with Gasteiger partial charge in [0.1, 0.15) is 0 Å². The molecule has 0 atom stereocenters. The molecule has 0 bridgehead atoms. The Bertz CT molecular complexity index is 767. The van der Waals surface area contributed by atoms with Crippen LogP contribution in [0, 0.1) is 5.82 Å². The fourth-order valence-corrected chi connectivity index (χ4v) is 2.49. The monoisotopic (exact) mass is 285 g/mol. The minimum absolute atomic E-state index is 0.0135. The summed E-state index contributed by atoms with van der Waals surface area (Å²) < 4.78 is 24.4. The van der Waals surface area contributed by atoms with E-state index in [2.05, 4.69) is 0 Å². The summed E-state index contributed by atoms with van der Waals surface area (Å²) in [7, 11) is 0. The maximum atomic E-state index is 14.2. The van der Waals surface area contributed by atoms with E-state index in [1.54, 1.807) is 24.3 Å². The van der Waals surface area contributed by atoms with Crippen LogP contribution in [-0.4, -0.2) is 18.6 Å². The highest BCUT2D eigenvalue weighted by atomic mass is 19.1. The Labute approximate surface area is 118 Å². The normalized spacial score (nSPS) is 15.6. The number of hydrogen-bond acceptors (Lipinski definition) is 4. The number of rotatable bonds is 1. The average Bonchev–Trinajstić information content (AvgIpc) is 3.03. The quantitative estimate of drug-likeness (QED) is 0.755. The molecule has 2 aliphatic heterocycles.